The third-order valence-electron chi connectivity index (χ3n) is 4.32. The van der Waals surface area contributed by atoms with Crippen LogP contribution in [0.2, 0.25) is 0 Å². The molecular weight excluding hydrogens is 210 g/mol. The number of rotatable bonds is 3. The monoisotopic (exact) mass is 239 g/mol. The van der Waals surface area contributed by atoms with E-state index in [9.17, 15) is 0 Å². The van der Waals surface area contributed by atoms with Gasteiger partial charge in [-0.2, -0.15) is 0 Å². The fraction of sp³-hybridized carbons (Fsp3) is 1.00. The first-order valence-corrected chi connectivity index (χ1v) is 7.27. The molecule has 1 unspecified atom stereocenters. The lowest BCUT2D eigenvalue weighted by molar-refractivity contribution is -0.00293. The second kappa shape index (κ2) is 5.68. The number of nitrogens with one attached hydrogen (secondary N) is 1. The van der Waals surface area contributed by atoms with Crippen LogP contribution >= 0.6 is 0 Å². The van der Waals surface area contributed by atoms with Crippen molar-refractivity contribution in [3.8, 4) is 0 Å². The molecule has 17 heavy (non-hydrogen) atoms. The van der Waals surface area contributed by atoms with Gasteiger partial charge in [0.25, 0.3) is 0 Å². The van der Waals surface area contributed by atoms with E-state index in [4.69, 9.17) is 0 Å². The molecule has 0 amide bonds. The van der Waals surface area contributed by atoms with Gasteiger partial charge < -0.3 is 10.2 Å². The van der Waals surface area contributed by atoms with Crippen LogP contribution < -0.4 is 5.32 Å². The Balaban J connectivity index is 2.09. The molecule has 2 heterocycles. The SMILES string of the molecule is CC(C)CC1(N2CCNCC2)CCCN(C)C1. The zero-order valence-corrected chi connectivity index (χ0v) is 11.8. The Morgan fingerprint density at radius 1 is 1.18 bits per heavy atom. The van der Waals surface area contributed by atoms with E-state index in [1.165, 1.54) is 58.5 Å². The van der Waals surface area contributed by atoms with Crippen LogP contribution in [0.5, 0.6) is 0 Å². The van der Waals surface area contributed by atoms with Crippen LogP contribution in [0.4, 0.5) is 0 Å². The summed E-state index contributed by atoms with van der Waals surface area (Å²) in [5.74, 6) is 0.802. The molecule has 0 bridgehead atoms. The molecule has 0 radical (unpaired) electrons. The summed E-state index contributed by atoms with van der Waals surface area (Å²) in [6.45, 7) is 12.1. The Labute approximate surface area is 107 Å². The summed E-state index contributed by atoms with van der Waals surface area (Å²) >= 11 is 0. The van der Waals surface area contributed by atoms with Crippen molar-refractivity contribution in [1.82, 2.24) is 15.1 Å². The molecule has 3 heteroatoms. The van der Waals surface area contributed by atoms with Gasteiger partial charge in [-0.3, -0.25) is 4.90 Å². The van der Waals surface area contributed by atoms with Gasteiger partial charge in [-0.15, -0.1) is 0 Å². The number of piperazine rings is 1. The zero-order valence-electron chi connectivity index (χ0n) is 11.8. The first-order valence-electron chi connectivity index (χ1n) is 7.27. The van der Waals surface area contributed by atoms with Crippen molar-refractivity contribution >= 4 is 0 Å². The second-order valence-electron chi connectivity index (χ2n) is 6.40. The van der Waals surface area contributed by atoms with Gasteiger partial charge in [-0.25, -0.2) is 0 Å². The summed E-state index contributed by atoms with van der Waals surface area (Å²) in [5.41, 5.74) is 0.462. The number of hydrogen-bond acceptors (Lipinski definition) is 3. The molecule has 2 rings (SSSR count). The first-order chi connectivity index (χ1) is 8.12. The zero-order chi connectivity index (χ0) is 12.3. The highest BCUT2D eigenvalue weighted by molar-refractivity contribution is 4.97. The standard InChI is InChI=1S/C14H29N3/c1-13(2)11-14(5-4-8-16(3)12-14)17-9-6-15-7-10-17/h13,15H,4-12H2,1-3H3. The van der Waals surface area contributed by atoms with Gasteiger partial charge in [0, 0.05) is 38.3 Å². The van der Waals surface area contributed by atoms with Crippen LogP contribution in [0, 0.1) is 5.92 Å². The van der Waals surface area contributed by atoms with Crippen LogP contribution in [0.25, 0.3) is 0 Å². The molecule has 0 aromatic carbocycles. The molecule has 0 aromatic rings. The van der Waals surface area contributed by atoms with Gasteiger partial charge in [-0.05, 0) is 38.8 Å². The highest BCUT2D eigenvalue weighted by Crippen LogP contribution is 2.33. The molecule has 1 atom stereocenters. The van der Waals surface area contributed by atoms with Gasteiger partial charge in [0.1, 0.15) is 0 Å². The minimum atomic E-state index is 0.462. The number of nitrogens with zero attached hydrogens (tertiary/aromatic N) is 2. The largest absolute Gasteiger partial charge is 0.314 e. The average Bonchev–Trinajstić information content (AvgIpc) is 2.29. The Bertz CT molecular complexity index is 232. The lowest BCUT2D eigenvalue weighted by Crippen LogP contribution is -2.62. The maximum Gasteiger partial charge on any atom is 0.0340 e. The van der Waals surface area contributed by atoms with Crippen molar-refractivity contribution in [1.29, 1.82) is 0 Å². The lowest BCUT2D eigenvalue weighted by atomic mass is 9.80. The molecule has 0 aromatic heterocycles. The third kappa shape index (κ3) is 3.21. The van der Waals surface area contributed by atoms with Gasteiger partial charge >= 0.3 is 0 Å². The van der Waals surface area contributed by atoms with E-state index < -0.39 is 0 Å². The normalized spacial score (nSPS) is 33.2. The van der Waals surface area contributed by atoms with Crippen molar-refractivity contribution in [2.75, 3.05) is 46.3 Å². The van der Waals surface area contributed by atoms with Gasteiger partial charge in [0.15, 0.2) is 0 Å². The quantitative estimate of drug-likeness (QED) is 0.803. The minimum absolute atomic E-state index is 0.462. The highest BCUT2D eigenvalue weighted by Gasteiger charge is 2.40. The summed E-state index contributed by atoms with van der Waals surface area (Å²) in [6, 6.07) is 0. The molecular formula is C14H29N3. The van der Waals surface area contributed by atoms with Crippen molar-refractivity contribution in [2.45, 2.75) is 38.6 Å². The molecule has 0 saturated carbocycles. The van der Waals surface area contributed by atoms with Crippen molar-refractivity contribution in [2.24, 2.45) is 5.92 Å². The molecule has 0 aliphatic carbocycles. The maximum absolute atomic E-state index is 3.48. The van der Waals surface area contributed by atoms with Crippen molar-refractivity contribution in [3.63, 3.8) is 0 Å². The Morgan fingerprint density at radius 2 is 1.88 bits per heavy atom. The van der Waals surface area contributed by atoms with Crippen LogP contribution in [0.3, 0.4) is 0 Å². The van der Waals surface area contributed by atoms with Crippen LogP contribution in [0.1, 0.15) is 33.1 Å². The average molecular weight is 239 g/mol. The molecule has 2 fully saturated rings. The van der Waals surface area contributed by atoms with E-state index in [-0.39, 0.29) is 0 Å². The Kier molecular flexibility index (Phi) is 4.45. The number of likely N-dealkylation sites (N-methyl/N-ethyl adjacent to an activating group) is 1. The van der Waals surface area contributed by atoms with Gasteiger partial charge in [0.05, 0.1) is 0 Å². The molecule has 1 N–H and O–H groups in total. The second-order valence-corrected chi connectivity index (χ2v) is 6.40. The molecule has 3 nitrogen and oxygen atoms in total. The van der Waals surface area contributed by atoms with E-state index in [2.05, 4.69) is 36.0 Å². The van der Waals surface area contributed by atoms with Gasteiger partial charge in [-0.1, -0.05) is 13.8 Å². The molecule has 0 spiro atoms. The van der Waals surface area contributed by atoms with E-state index in [0.29, 0.717) is 5.54 Å². The van der Waals surface area contributed by atoms with E-state index in [0.717, 1.165) is 5.92 Å². The number of piperidine rings is 1. The molecule has 100 valence electrons. The summed E-state index contributed by atoms with van der Waals surface area (Å²) in [7, 11) is 2.29. The molecule has 2 aliphatic heterocycles. The summed E-state index contributed by atoms with van der Waals surface area (Å²) in [6.07, 6.45) is 4.13. The van der Waals surface area contributed by atoms with E-state index in [1.807, 2.05) is 0 Å². The number of likely N-dealkylation sites (tertiary alicyclic amines) is 1. The Morgan fingerprint density at radius 3 is 2.47 bits per heavy atom. The smallest absolute Gasteiger partial charge is 0.0340 e. The molecule has 2 saturated heterocycles. The fourth-order valence-corrected chi connectivity index (χ4v) is 3.79. The van der Waals surface area contributed by atoms with Crippen LogP contribution in [-0.2, 0) is 0 Å². The van der Waals surface area contributed by atoms with Crippen LogP contribution in [0.15, 0.2) is 0 Å². The van der Waals surface area contributed by atoms with Gasteiger partial charge in [0.2, 0.25) is 0 Å². The van der Waals surface area contributed by atoms with E-state index >= 15 is 0 Å². The lowest BCUT2D eigenvalue weighted by Gasteiger charge is -2.51. The third-order valence-corrected chi connectivity index (χ3v) is 4.32. The topological polar surface area (TPSA) is 18.5 Å². The minimum Gasteiger partial charge on any atom is -0.314 e. The molecule has 2 aliphatic rings. The van der Waals surface area contributed by atoms with Crippen molar-refractivity contribution in [3.05, 3.63) is 0 Å². The summed E-state index contributed by atoms with van der Waals surface area (Å²) in [5, 5.41) is 3.48. The van der Waals surface area contributed by atoms with Crippen molar-refractivity contribution < 1.29 is 0 Å². The fourth-order valence-electron chi connectivity index (χ4n) is 3.79. The Hall–Kier alpha value is -0.120. The van der Waals surface area contributed by atoms with E-state index in [1.54, 1.807) is 0 Å². The predicted octanol–water partition coefficient (Wildman–Crippen LogP) is 1.40. The van der Waals surface area contributed by atoms with Crippen LogP contribution in [-0.4, -0.2) is 61.7 Å². The number of hydrogen-bond donors (Lipinski definition) is 1. The predicted molar refractivity (Wildman–Crippen MR) is 73.4 cm³/mol. The first kappa shape index (κ1) is 13.3. The highest BCUT2D eigenvalue weighted by atomic mass is 15.3. The summed E-state index contributed by atoms with van der Waals surface area (Å²) in [4.78, 5) is 5.31. The summed E-state index contributed by atoms with van der Waals surface area (Å²) < 4.78 is 0. The maximum atomic E-state index is 3.48.